The molecule has 2 heterocycles. The van der Waals surface area contributed by atoms with Gasteiger partial charge in [0.05, 0.1) is 18.8 Å². The summed E-state index contributed by atoms with van der Waals surface area (Å²) in [5.74, 6) is 1.25. The lowest BCUT2D eigenvalue weighted by molar-refractivity contribution is 0.614. The normalized spacial score (nSPS) is 13.7. The van der Waals surface area contributed by atoms with E-state index >= 15 is 0 Å². The Balaban J connectivity index is 1.61. The molecule has 0 saturated heterocycles. The summed E-state index contributed by atoms with van der Waals surface area (Å²) in [4.78, 5) is 9.00. The maximum absolute atomic E-state index is 8.71. The van der Waals surface area contributed by atoms with Crippen molar-refractivity contribution in [1.29, 1.82) is 5.26 Å². The zero-order valence-corrected chi connectivity index (χ0v) is 12.4. The van der Waals surface area contributed by atoms with Crippen molar-refractivity contribution in [2.24, 2.45) is 0 Å². The van der Waals surface area contributed by atoms with E-state index in [9.17, 15) is 0 Å². The van der Waals surface area contributed by atoms with Crippen LogP contribution in [0.15, 0.2) is 41.0 Å². The second-order valence-electron chi connectivity index (χ2n) is 5.61. The number of benzene rings is 1. The molecule has 0 unspecified atom stereocenters. The number of fused-ring (bicyclic) bond motifs is 1. The van der Waals surface area contributed by atoms with E-state index in [1.54, 1.807) is 6.26 Å². The van der Waals surface area contributed by atoms with Gasteiger partial charge in [0.1, 0.15) is 5.52 Å². The highest BCUT2D eigenvalue weighted by Gasteiger charge is 2.23. The number of anilines is 3. The van der Waals surface area contributed by atoms with Crippen LogP contribution in [0.25, 0.3) is 11.1 Å². The topological polar surface area (TPSA) is 86.8 Å². The van der Waals surface area contributed by atoms with E-state index in [-0.39, 0.29) is 0 Å². The molecule has 1 aliphatic rings. The van der Waals surface area contributed by atoms with Gasteiger partial charge >= 0.3 is 0 Å². The van der Waals surface area contributed by atoms with Crippen molar-refractivity contribution in [3.63, 3.8) is 0 Å². The van der Waals surface area contributed by atoms with E-state index in [1.165, 1.54) is 0 Å². The molecule has 2 N–H and O–H groups in total. The van der Waals surface area contributed by atoms with E-state index < -0.39 is 0 Å². The van der Waals surface area contributed by atoms with E-state index in [1.807, 2.05) is 30.3 Å². The van der Waals surface area contributed by atoms with E-state index in [2.05, 4.69) is 26.7 Å². The van der Waals surface area contributed by atoms with Crippen molar-refractivity contribution in [2.45, 2.75) is 25.3 Å². The Morgan fingerprint density at radius 2 is 2.00 bits per heavy atom. The van der Waals surface area contributed by atoms with Crippen LogP contribution in [-0.2, 0) is 6.42 Å². The van der Waals surface area contributed by atoms with E-state index in [0.717, 1.165) is 35.4 Å². The summed E-state index contributed by atoms with van der Waals surface area (Å²) in [7, 11) is 0. The minimum atomic E-state index is 0.410. The van der Waals surface area contributed by atoms with Gasteiger partial charge in [-0.2, -0.15) is 10.2 Å². The molecule has 6 heteroatoms. The number of furan rings is 1. The number of hydrogen-bond donors (Lipinski definition) is 2. The molecule has 0 aliphatic heterocycles. The van der Waals surface area contributed by atoms with Crippen LogP contribution >= 0.6 is 0 Å². The van der Waals surface area contributed by atoms with Crippen molar-refractivity contribution in [1.82, 2.24) is 9.97 Å². The summed E-state index contributed by atoms with van der Waals surface area (Å²) in [5.41, 5.74) is 3.32. The van der Waals surface area contributed by atoms with Gasteiger partial charge in [-0.25, -0.2) is 4.98 Å². The smallest absolute Gasteiger partial charge is 0.229 e. The van der Waals surface area contributed by atoms with Crippen LogP contribution in [0.5, 0.6) is 0 Å². The monoisotopic (exact) mass is 305 g/mol. The maximum Gasteiger partial charge on any atom is 0.229 e. The van der Waals surface area contributed by atoms with Gasteiger partial charge in [0.25, 0.3) is 0 Å². The number of hydrogen-bond acceptors (Lipinski definition) is 6. The Morgan fingerprint density at radius 1 is 1.17 bits per heavy atom. The molecule has 2 aromatic heterocycles. The molecule has 23 heavy (non-hydrogen) atoms. The lowest BCUT2D eigenvalue weighted by atomic mass is 10.1. The third-order valence-electron chi connectivity index (χ3n) is 3.72. The Hall–Kier alpha value is -3.07. The van der Waals surface area contributed by atoms with Gasteiger partial charge in [0.2, 0.25) is 5.95 Å². The molecule has 1 saturated carbocycles. The number of rotatable bonds is 5. The molecule has 1 aliphatic carbocycles. The first-order chi connectivity index (χ1) is 11.3. The minimum absolute atomic E-state index is 0.410. The molecule has 0 bridgehead atoms. The van der Waals surface area contributed by atoms with Crippen LogP contribution in [0, 0.1) is 11.3 Å². The second-order valence-corrected chi connectivity index (χ2v) is 5.61. The molecule has 0 atom stereocenters. The fourth-order valence-electron chi connectivity index (χ4n) is 2.36. The van der Waals surface area contributed by atoms with Crippen LogP contribution in [0.4, 0.5) is 17.5 Å². The molecule has 0 amide bonds. The SMILES string of the molecule is N#CCc1ccc(Nc2nc(NC3CC3)c3occc3n2)cc1. The average molecular weight is 305 g/mol. The molecule has 4 rings (SSSR count). The molecule has 0 spiro atoms. The van der Waals surface area contributed by atoms with Crippen molar-refractivity contribution in [3.8, 4) is 6.07 Å². The summed E-state index contributed by atoms with van der Waals surface area (Å²) in [6, 6.07) is 12.1. The molecule has 0 radical (unpaired) electrons. The number of nitriles is 1. The van der Waals surface area contributed by atoms with Crippen LogP contribution < -0.4 is 10.6 Å². The summed E-state index contributed by atoms with van der Waals surface area (Å²) in [6.07, 6.45) is 4.36. The highest BCUT2D eigenvalue weighted by atomic mass is 16.3. The number of nitrogens with one attached hydrogen (secondary N) is 2. The molecule has 6 nitrogen and oxygen atoms in total. The highest BCUT2D eigenvalue weighted by Crippen LogP contribution is 2.29. The zero-order valence-electron chi connectivity index (χ0n) is 12.4. The summed E-state index contributed by atoms with van der Waals surface area (Å²) in [6.45, 7) is 0. The van der Waals surface area contributed by atoms with Crippen molar-refractivity contribution in [2.75, 3.05) is 10.6 Å². The first kappa shape index (κ1) is 13.6. The predicted molar refractivity (Wildman–Crippen MR) is 87.5 cm³/mol. The summed E-state index contributed by atoms with van der Waals surface area (Å²) in [5, 5.41) is 15.3. The van der Waals surface area contributed by atoms with Gasteiger partial charge < -0.3 is 15.1 Å². The standard InChI is InChI=1S/C17H15N5O/c18-9-7-11-1-3-13(4-2-11)20-17-21-14-8-10-23-15(14)16(22-17)19-12-5-6-12/h1-4,8,10,12H,5-7H2,(H2,19,20,21,22). The van der Waals surface area contributed by atoms with Gasteiger partial charge in [-0.3, -0.25) is 0 Å². The van der Waals surface area contributed by atoms with Crippen LogP contribution in [0.3, 0.4) is 0 Å². The number of aromatic nitrogens is 2. The lowest BCUT2D eigenvalue weighted by Gasteiger charge is -2.09. The third-order valence-corrected chi connectivity index (χ3v) is 3.72. The third kappa shape index (κ3) is 2.94. The largest absolute Gasteiger partial charge is 0.459 e. The predicted octanol–water partition coefficient (Wildman–Crippen LogP) is 3.61. The maximum atomic E-state index is 8.71. The molecule has 3 aromatic rings. The van der Waals surface area contributed by atoms with Crippen LogP contribution in [0.2, 0.25) is 0 Å². The Kier molecular flexibility index (Phi) is 3.31. The van der Waals surface area contributed by atoms with E-state index in [4.69, 9.17) is 9.68 Å². The summed E-state index contributed by atoms with van der Waals surface area (Å²) < 4.78 is 5.48. The molecular formula is C17H15N5O. The minimum Gasteiger partial charge on any atom is -0.459 e. The van der Waals surface area contributed by atoms with Gasteiger partial charge in [-0.05, 0) is 30.5 Å². The fraction of sp³-hybridized carbons (Fsp3) is 0.235. The first-order valence-corrected chi connectivity index (χ1v) is 7.56. The quantitative estimate of drug-likeness (QED) is 0.749. The first-order valence-electron chi connectivity index (χ1n) is 7.56. The van der Waals surface area contributed by atoms with Gasteiger partial charge in [0.15, 0.2) is 11.4 Å². The molecule has 1 fully saturated rings. The van der Waals surface area contributed by atoms with Crippen molar-refractivity contribution in [3.05, 3.63) is 42.2 Å². The van der Waals surface area contributed by atoms with Gasteiger partial charge in [-0.15, -0.1) is 0 Å². The van der Waals surface area contributed by atoms with Crippen LogP contribution in [0.1, 0.15) is 18.4 Å². The van der Waals surface area contributed by atoms with E-state index in [0.29, 0.717) is 24.0 Å². The average Bonchev–Trinajstić information content (AvgIpc) is 3.23. The fourth-order valence-corrected chi connectivity index (χ4v) is 2.36. The molecular weight excluding hydrogens is 290 g/mol. The van der Waals surface area contributed by atoms with Gasteiger partial charge in [0, 0.05) is 17.8 Å². The second kappa shape index (κ2) is 5.61. The Labute approximate surface area is 133 Å². The highest BCUT2D eigenvalue weighted by molar-refractivity contribution is 5.85. The Bertz CT molecular complexity index is 874. The van der Waals surface area contributed by atoms with Crippen LogP contribution in [-0.4, -0.2) is 16.0 Å². The molecule has 114 valence electrons. The number of nitrogens with zero attached hydrogens (tertiary/aromatic N) is 3. The molecule has 1 aromatic carbocycles. The zero-order chi connectivity index (χ0) is 15.6. The van der Waals surface area contributed by atoms with Crippen molar-refractivity contribution >= 4 is 28.6 Å². The van der Waals surface area contributed by atoms with Crippen molar-refractivity contribution < 1.29 is 4.42 Å². The van der Waals surface area contributed by atoms with Gasteiger partial charge in [-0.1, -0.05) is 12.1 Å². The Morgan fingerprint density at radius 3 is 2.74 bits per heavy atom. The lowest BCUT2D eigenvalue weighted by Crippen LogP contribution is -2.06. The summed E-state index contributed by atoms with van der Waals surface area (Å²) >= 11 is 0.